The largest absolute Gasteiger partial charge is 0.333 e. The van der Waals surface area contributed by atoms with Gasteiger partial charge in [0, 0.05) is 6.54 Å². The fourth-order valence-corrected chi connectivity index (χ4v) is 3.35. The van der Waals surface area contributed by atoms with Crippen LogP contribution >= 0.6 is 11.8 Å². The number of halogens is 2. The number of amides is 2. The number of nitrogens with zero attached hydrogens (tertiary/aromatic N) is 2. The summed E-state index contributed by atoms with van der Waals surface area (Å²) < 4.78 is 27.3. The van der Waals surface area contributed by atoms with Gasteiger partial charge in [-0.3, -0.25) is 9.59 Å². The lowest BCUT2D eigenvalue weighted by Crippen LogP contribution is -2.39. The second kappa shape index (κ2) is 8.83. The number of imidazole rings is 1. The summed E-state index contributed by atoms with van der Waals surface area (Å²) in [7, 11) is 0. The maximum absolute atomic E-state index is 13.6. The quantitative estimate of drug-likeness (QED) is 0.592. The van der Waals surface area contributed by atoms with Crippen LogP contribution in [0.2, 0.25) is 0 Å². The molecule has 2 amide bonds. The van der Waals surface area contributed by atoms with Crippen LogP contribution in [-0.2, 0) is 9.59 Å². The van der Waals surface area contributed by atoms with Crippen LogP contribution in [0.3, 0.4) is 0 Å². The van der Waals surface area contributed by atoms with Gasteiger partial charge in [0.2, 0.25) is 11.8 Å². The zero-order valence-corrected chi connectivity index (χ0v) is 15.9. The number of thioether (sulfide) groups is 1. The number of anilines is 1. The van der Waals surface area contributed by atoms with Gasteiger partial charge in [-0.15, -0.1) is 0 Å². The second-order valence-corrected chi connectivity index (χ2v) is 6.86. The first-order valence-corrected chi connectivity index (χ1v) is 9.55. The average molecular weight is 404 g/mol. The fraction of sp³-hybridized carbons (Fsp3) is 0.211. The van der Waals surface area contributed by atoms with Gasteiger partial charge >= 0.3 is 0 Å². The molecule has 1 aromatic heterocycles. The Morgan fingerprint density at radius 1 is 1.14 bits per heavy atom. The first-order valence-electron chi connectivity index (χ1n) is 8.57. The van der Waals surface area contributed by atoms with Gasteiger partial charge in [0.15, 0.2) is 5.16 Å². The Hall–Kier alpha value is -2.94. The maximum atomic E-state index is 13.6. The number of carbonyl (C=O) groups is 2. The van der Waals surface area contributed by atoms with E-state index in [1.165, 1.54) is 22.7 Å². The summed E-state index contributed by atoms with van der Waals surface area (Å²) in [5, 5.41) is 2.78. The minimum Gasteiger partial charge on any atom is -0.333 e. The van der Waals surface area contributed by atoms with Crippen molar-refractivity contribution in [1.82, 2.24) is 14.9 Å². The van der Waals surface area contributed by atoms with Crippen molar-refractivity contribution in [3.8, 4) is 0 Å². The summed E-state index contributed by atoms with van der Waals surface area (Å²) in [6.07, 6.45) is 0. The summed E-state index contributed by atoms with van der Waals surface area (Å²) in [6.45, 7) is 1.71. The molecule has 0 atom stereocenters. The van der Waals surface area contributed by atoms with Crippen molar-refractivity contribution >= 4 is 40.3 Å². The molecule has 146 valence electrons. The predicted molar refractivity (Wildman–Crippen MR) is 104 cm³/mol. The van der Waals surface area contributed by atoms with Crippen LogP contribution in [0.5, 0.6) is 0 Å². The zero-order valence-electron chi connectivity index (χ0n) is 15.0. The van der Waals surface area contributed by atoms with Gasteiger partial charge in [-0.05, 0) is 31.2 Å². The lowest BCUT2D eigenvalue weighted by molar-refractivity contribution is -0.132. The van der Waals surface area contributed by atoms with E-state index in [0.717, 1.165) is 23.2 Å². The van der Waals surface area contributed by atoms with Crippen molar-refractivity contribution in [3.05, 3.63) is 54.1 Å². The van der Waals surface area contributed by atoms with E-state index in [2.05, 4.69) is 15.3 Å². The Morgan fingerprint density at radius 3 is 2.54 bits per heavy atom. The van der Waals surface area contributed by atoms with Crippen LogP contribution in [0.25, 0.3) is 11.0 Å². The van der Waals surface area contributed by atoms with Crippen molar-refractivity contribution in [3.63, 3.8) is 0 Å². The molecule has 0 aliphatic heterocycles. The molecular formula is C19H18F2N4O2S. The number of para-hydroxylation sites is 3. The Balaban J connectivity index is 1.57. The maximum Gasteiger partial charge on any atom is 0.244 e. The van der Waals surface area contributed by atoms with Gasteiger partial charge in [0.05, 0.1) is 23.3 Å². The lowest BCUT2D eigenvalue weighted by atomic mass is 10.3. The third-order valence-electron chi connectivity index (χ3n) is 4.00. The smallest absolute Gasteiger partial charge is 0.244 e. The molecule has 0 bridgehead atoms. The van der Waals surface area contributed by atoms with Gasteiger partial charge in [-0.2, -0.15) is 0 Å². The van der Waals surface area contributed by atoms with Crippen LogP contribution in [0.4, 0.5) is 14.5 Å². The number of carbonyl (C=O) groups excluding carboxylic acids is 2. The normalized spacial score (nSPS) is 10.8. The minimum absolute atomic E-state index is 0.0784. The number of fused-ring (bicyclic) bond motifs is 1. The highest BCUT2D eigenvalue weighted by molar-refractivity contribution is 7.99. The van der Waals surface area contributed by atoms with E-state index in [1.807, 2.05) is 24.3 Å². The summed E-state index contributed by atoms with van der Waals surface area (Å²) in [4.78, 5) is 33.3. The molecule has 2 aromatic carbocycles. The lowest BCUT2D eigenvalue weighted by Gasteiger charge is -2.20. The average Bonchev–Trinajstić information content (AvgIpc) is 3.10. The van der Waals surface area contributed by atoms with Crippen LogP contribution in [0.1, 0.15) is 6.92 Å². The van der Waals surface area contributed by atoms with E-state index in [9.17, 15) is 18.4 Å². The molecule has 0 fully saturated rings. The molecule has 0 aliphatic carbocycles. The Bertz CT molecular complexity index is 955. The van der Waals surface area contributed by atoms with Crippen LogP contribution in [0.15, 0.2) is 47.6 Å². The second-order valence-electron chi connectivity index (χ2n) is 5.90. The monoisotopic (exact) mass is 404 g/mol. The Kier molecular flexibility index (Phi) is 6.25. The molecule has 0 unspecified atom stereocenters. The number of nitrogens with one attached hydrogen (secondary N) is 2. The highest BCUT2D eigenvalue weighted by atomic mass is 32.2. The van der Waals surface area contributed by atoms with Gasteiger partial charge in [0.25, 0.3) is 0 Å². The van der Waals surface area contributed by atoms with Gasteiger partial charge in [0.1, 0.15) is 17.3 Å². The van der Waals surface area contributed by atoms with Crippen molar-refractivity contribution in [2.45, 2.75) is 12.1 Å². The van der Waals surface area contributed by atoms with Crippen molar-refractivity contribution in [1.29, 1.82) is 0 Å². The summed E-state index contributed by atoms with van der Waals surface area (Å²) in [6, 6.07) is 10.8. The minimum atomic E-state index is -0.872. The SMILES string of the molecule is CCN(CC(=O)Nc1c(F)cccc1F)C(=O)CSc1nc2ccccc2[nH]1. The topological polar surface area (TPSA) is 78.1 Å². The number of likely N-dealkylation sites (N-methyl/N-ethyl adjacent to an activating group) is 1. The Labute approximate surface area is 164 Å². The molecule has 3 rings (SSSR count). The van der Waals surface area contributed by atoms with E-state index in [4.69, 9.17) is 0 Å². The van der Waals surface area contributed by atoms with E-state index >= 15 is 0 Å². The van der Waals surface area contributed by atoms with E-state index < -0.39 is 23.2 Å². The van der Waals surface area contributed by atoms with Crippen molar-refractivity contribution in [2.75, 3.05) is 24.2 Å². The predicted octanol–water partition coefficient (Wildman–Crippen LogP) is 3.42. The highest BCUT2D eigenvalue weighted by Crippen LogP contribution is 2.20. The molecule has 0 spiro atoms. The number of hydrogen-bond acceptors (Lipinski definition) is 4. The number of aromatic nitrogens is 2. The van der Waals surface area contributed by atoms with Gasteiger partial charge in [-0.1, -0.05) is 30.0 Å². The molecule has 0 radical (unpaired) electrons. The molecule has 0 aliphatic rings. The van der Waals surface area contributed by atoms with Crippen molar-refractivity contribution in [2.24, 2.45) is 0 Å². The standard InChI is InChI=1S/C19H18F2N4O2S/c1-2-25(10-16(26)24-18-12(20)6-5-7-13(18)21)17(27)11-28-19-22-14-8-3-4-9-15(14)23-19/h3-9H,2,10-11H2,1H3,(H,22,23)(H,24,26). The molecule has 0 saturated carbocycles. The number of aromatic amines is 1. The third-order valence-corrected chi connectivity index (χ3v) is 4.85. The van der Waals surface area contributed by atoms with Crippen LogP contribution < -0.4 is 5.32 Å². The molecule has 9 heteroatoms. The first kappa shape index (κ1) is 19.8. The van der Waals surface area contributed by atoms with Crippen molar-refractivity contribution < 1.29 is 18.4 Å². The van der Waals surface area contributed by atoms with Gasteiger partial charge < -0.3 is 15.2 Å². The number of hydrogen-bond donors (Lipinski definition) is 2. The molecule has 2 N–H and O–H groups in total. The zero-order chi connectivity index (χ0) is 20.1. The molecular weight excluding hydrogens is 386 g/mol. The van der Waals surface area contributed by atoms with E-state index in [-0.39, 0.29) is 24.7 Å². The van der Waals surface area contributed by atoms with Crippen LogP contribution in [-0.4, -0.2) is 45.5 Å². The Morgan fingerprint density at radius 2 is 1.86 bits per heavy atom. The number of rotatable bonds is 7. The molecule has 1 heterocycles. The number of H-pyrrole nitrogens is 1. The molecule has 3 aromatic rings. The third kappa shape index (κ3) is 4.66. The summed E-state index contributed by atoms with van der Waals surface area (Å²) >= 11 is 1.22. The van der Waals surface area contributed by atoms with Crippen LogP contribution in [0, 0.1) is 11.6 Å². The fourth-order valence-electron chi connectivity index (χ4n) is 2.57. The molecule has 6 nitrogen and oxygen atoms in total. The van der Waals surface area contributed by atoms with E-state index in [0.29, 0.717) is 5.16 Å². The number of benzene rings is 2. The molecule has 28 heavy (non-hydrogen) atoms. The van der Waals surface area contributed by atoms with E-state index in [1.54, 1.807) is 6.92 Å². The summed E-state index contributed by atoms with van der Waals surface area (Å²) in [5.41, 5.74) is 1.15. The summed E-state index contributed by atoms with van der Waals surface area (Å²) in [5.74, 6) is -2.62. The van der Waals surface area contributed by atoms with Gasteiger partial charge in [-0.25, -0.2) is 13.8 Å². The highest BCUT2D eigenvalue weighted by Gasteiger charge is 2.18. The molecule has 0 saturated heterocycles. The first-order chi connectivity index (χ1) is 13.5.